The van der Waals surface area contributed by atoms with Gasteiger partial charge < -0.3 is 9.69 Å². The summed E-state index contributed by atoms with van der Waals surface area (Å²) in [5.74, 6) is 0. The number of piperidine rings is 1. The average Bonchev–Trinajstić information content (AvgIpc) is 2.38. The fourth-order valence-corrected chi connectivity index (χ4v) is 2.93. The molecule has 98 valence electrons. The summed E-state index contributed by atoms with van der Waals surface area (Å²) in [6, 6.07) is 6.67. The second kappa shape index (κ2) is 5.10. The zero-order valence-corrected chi connectivity index (χ0v) is 11.2. The van der Waals surface area contributed by atoms with Gasteiger partial charge in [0.05, 0.1) is 10.9 Å². The molecule has 1 atom stereocenters. The highest BCUT2D eigenvalue weighted by Crippen LogP contribution is 2.25. The minimum absolute atomic E-state index is 0.0807. The van der Waals surface area contributed by atoms with Gasteiger partial charge in [0.1, 0.15) is 6.29 Å². The maximum atomic E-state index is 11.4. The van der Waals surface area contributed by atoms with E-state index in [1.54, 1.807) is 24.3 Å². The van der Waals surface area contributed by atoms with Crippen molar-refractivity contribution in [3.05, 3.63) is 24.3 Å². The zero-order chi connectivity index (χ0) is 13.2. The normalized spacial score (nSPS) is 20.7. The number of rotatable bonds is 3. The van der Waals surface area contributed by atoms with Crippen molar-refractivity contribution in [2.45, 2.75) is 30.2 Å². The van der Waals surface area contributed by atoms with Crippen molar-refractivity contribution in [2.75, 3.05) is 17.7 Å². The average molecular weight is 267 g/mol. The standard InChI is InChI=1S/C13H17NO3S/c1-18(16,17)13-7-5-11(6-8-13)14-9-3-2-4-12(14)10-15/h5-8,10,12H,2-4,9H2,1H3. The lowest BCUT2D eigenvalue weighted by molar-refractivity contribution is -0.109. The lowest BCUT2D eigenvalue weighted by Gasteiger charge is -2.34. The number of carbonyl (C=O) groups excluding carboxylic acids is 1. The molecule has 0 amide bonds. The van der Waals surface area contributed by atoms with Gasteiger partial charge in [0.2, 0.25) is 0 Å². The number of hydrogen-bond acceptors (Lipinski definition) is 4. The molecule has 1 aliphatic rings. The molecule has 1 aromatic rings. The molecule has 18 heavy (non-hydrogen) atoms. The largest absolute Gasteiger partial charge is 0.362 e. The van der Waals surface area contributed by atoms with Gasteiger partial charge in [-0.1, -0.05) is 0 Å². The number of sulfone groups is 1. The quantitative estimate of drug-likeness (QED) is 0.781. The highest BCUT2D eigenvalue weighted by atomic mass is 32.2. The fraction of sp³-hybridized carbons (Fsp3) is 0.462. The summed E-state index contributed by atoms with van der Waals surface area (Å²) in [6.45, 7) is 0.849. The third kappa shape index (κ3) is 2.72. The van der Waals surface area contributed by atoms with Crippen molar-refractivity contribution in [3.8, 4) is 0 Å². The number of hydrogen-bond donors (Lipinski definition) is 0. The first kappa shape index (κ1) is 13.1. The van der Waals surface area contributed by atoms with Crippen molar-refractivity contribution in [2.24, 2.45) is 0 Å². The number of carbonyl (C=O) groups is 1. The van der Waals surface area contributed by atoms with Gasteiger partial charge in [-0.15, -0.1) is 0 Å². The van der Waals surface area contributed by atoms with Gasteiger partial charge >= 0.3 is 0 Å². The first-order valence-electron chi connectivity index (χ1n) is 6.04. The topological polar surface area (TPSA) is 54.5 Å². The third-order valence-corrected chi connectivity index (χ3v) is 4.43. The number of aldehydes is 1. The number of nitrogens with zero attached hydrogens (tertiary/aromatic N) is 1. The Bertz CT molecular complexity index is 522. The molecule has 1 aromatic carbocycles. The highest BCUT2D eigenvalue weighted by Gasteiger charge is 2.22. The predicted octanol–water partition coefficient (Wildman–Crippen LogP) is 1.65. The molecule has 1 heterocycles. The van der Waals surface area contributed by atoms with Crippen LogP contribution in [0.5, 0.6) is 0 Å². The Morgan fingerprint density at radius 2 is 1.89 bits per heavy atom. The van der Waals surface area contributed by atoms with Crippen molar-refractivity contribution >= 4 is 21.8 Å². The smallest absolute Gasteiger partial charge is 0.175 e. The van der Waals surface area contributed by atoms with E-state index in [1.165, 1.54) is 6.26 Å². The van der Waals surface area contributed by atoms with Crippen LogP contribution in [0.2, 0.25) is 0 Å². The summed E-state index contributed by atoms with van der Waals surface area (Å²) in [7, 11) is -3.16. The van der Waals surface area contributed by atoms with Crippen LogP contribution in [0.4, 0.5) is 5.69 Å². The lowest BCUT2D eigenvalue weighted by Crippen LogP contribution is -2.40. The van der Waals surface area contributed by atoms with E-state index in [0.717, 1.165) is 37.8 Å². The van der Waals surface area contributed by atoms with E-state index < -0.39 is 9.84 Å². The van der Waals surface area contributed by atoms with E-state index in [2.05, 4.69) is 0 Å². The second-order valence-electron chi connectivity index (χ2n) is 4.66. The molecule has 1 fully saturated rings. The summed E-state index contributed by atoms with van der Waals surface area (Å²) in [4.78, 5) is 13.4. The SMILES string of the molecule is CS(=O)(=O)c1ccc(N2CCCCC2C=O)cc1. The van der Waals surface area contributed by atoms with E-state index in [9.17, 15) is 13.2 Å². The molecule has 1 saturated heterocycles. The minimum Gasteiger partial charge on any atom is -0.362 e. The maximum Gasteiger partial charge on any atom is 0.175 e. The van der Waals surface area contributed by atoms with Gasteiger partial charge in [-0.05, 0) is 43.5 Å². The second-order valence-corrected chi connectivity index (χ2v) is 6.67. The first-order valence-corrected chi connectivity index (χ1v) is 7.93. The molecule has 0 bridgehead atoms. The monoisotopic (exact) mass is 267 g/mol. The summed E-state index contributed by atoms with van der Waals surface area (Å²) in [5.41, 5.74) is 0.916. The molecule has 4 nitrogen and oxygen atoms in total. The van der Waals surface area contributed by atoms with E-state index in [4.69, 9.17) is 0 Å². The molecule has 0 aliphatic carbocycles. The number of benzene rings is 1. The van der Waals surface area contributed by atoms with Gasteiger partial charge in [0, 0.05) is 18.5 Å². The Morgan fingerprint density at radius 3 is 2.44 bits per heavy atom. The van der Waals surface area contributed by atoms with E-state index in [-0.39, 0.29) is 6.04 Å². The van der Waals surface area contributed by atoms with Crippen molar-refractivity contribution in [1.29, 1.82) is 0 Å². The zero-order valence-electron chi connectivity index (χ0n) is 10.4. The predicted molar refractivity (Wildman–Crippen MR) is 70.6 cm³/mol. The molecule has 0 N–H and O–H groups in total. The fourth-order valence-electron chi connectivity index (χ4n) is 2.30. The summed E-state index contributed by atoms with van der Waals surface area (Å²) < 4.78 is 22.7. The lowest BCUT2D eigenvalue weighted by atomic mass is 10.0. The van der Waals surface area contributed by atoms with Crippen LogP contribution in [0.1, 0.15) is 19.3 Å². The summed E-state index contributed by atoms with van der Waals surface area (Å²) >= 11 is 0. The molecule has 1 unspecified atom stereocenters. The molecule has 0 aromatic heterocycles. The minimum atomic E-state index is -3.16. The van der Waals surface area contributed by atoms with Crippen LogP contribution in [0.3, 0.4) is 0 Å². The Hall–Kier alpha value is -1.36. The van der Waals surface area contributed by atoms with E-state index in [0.29, 0.717) is 4.90 Å². The van der Waals surface area contributed by atoms with Crippen molar-refractivity contribution in [1.82, 2.24) is 0 Å². The van der Waals surface area contributed by atoms with Crippen LogP contribution in [0.25, 0.3) is 0 Å². The van der Waals surface area contributed by atoms with Crippen molar-refractivity contribution < 1.29 is 13.2 Å². The molecule has 0 spiro atoms. The van der Waals surface area contributed by atoms with Gasteiger partial charge in [0.15, 0.2) is 9.84 Å². The molecular formula is C13H17NO3S. The molecule has 1 aliphatic heterocycles. The molecule has 0 saturated carbocycles. The maximum absolute atomic E-state index is 11.4. The van der Waals surface area contributed by atoms with Crippen LogP contribution >= 0.6 is 0 Å². The van der Waals surface area contributed by atoms with Crippen LogP contribution in [-0.4, -0.2) is 33.5 Å². The van der Waals surface area contributed by atoms with Gasteiger partial charge in [-0.2, -0.15) is 0 Å². The summed E-state index contributed by atoms with van der Waals surface area (Å²) in [6.07, 6.45) is 5.18. The Balaban J connectivity index is 2.26. The molecule has 0 radical (unpaired) electrons. The first-order chi connectivity index (χ1) is 8.52. The van der Waals surface area contributed by atoms with Crippen LogP contribution in [0.15, 0.2) is 29.2 Å². The van der Waals surface area contributed by atoms with Gasteiger partial charge in [0.25, 0.3) is 0 Å². The Morgan fingerprint density at radius 1 is 1.22 bits per heavy atom. The van der Waals surface area contributed by atoms with Crippen LogP contribution in [-0.2, 0) is 14.6 Å². The van der Waals surface area contributed by atoms with Crippen LogP contribution in [0, 0.1) is 0 Å². The molecule has 2 rings (SSSR count). The Labute approximate surface area is 108 Å². The number of anilines is 1. The van der Waals surface area contributed by atoms with Crippen LogP contribution < -0.4 is 4.90 Å². The Kier molecular flexibility index (Phi) is 3.71. The van der Waals surface area contributed by atoms with Crippen molar-refractivity contribution in [3.63, 3.8) is 0 Å². The molecule has 5 heteroatoms. The van der Waals surface area contributed by atoms with Gasteiger partial charge in [-0.3, -0.25) is 0 Å². The summed E-state index contributed by atoms with van der Waals surface area (Å²) in [5, 5.41) is 0. The van der Waals surface area contributed by atoms with Gasteiger partial charge in [-0.25, -0.2) is 8.42 Å². The third-order valence-electron chi connectivity index (χ3n) is 3.30. The van der Waals surface area contributed by atoms with E-state index in [1.807, 2.05) is 4.90 Å². The van der Waals surface area contributed by atoms with E-state index >= 15 is 0 Å². The molecular weight excluding hydrogens is 250 g/mol. The highest BCUT2D eigenvalue weighted by molar-refractivity contribution is 7.90.